The Hall–Kier alpha value is -3.35. The number of carbonyl (C=O) groups is 2. The van der Waals surface area contributed by atoms with E-state index in [0.717, 1.165) is 0 Å². The predicted molar refractivity (Wildman–Crippen MR) is 122 cm³/mol. The largest absolute Gasteiger partial charge is 0.493 e. The van der Waals surface area contributed by atoms with Crippen LogP contribution in [0.5, 0.6) is 17.2 Å². The van der Waals surface area contributed by atoms with Crippen LogP contribution in [0.2, 0.25) is 0 Å². The van der Waals surface area contributed by atoms with Crippen LogP contribution in [0.1, 0.15) is 44.6 Å². The van der Waals surface area contributed by atoms with Crippen LogP contribution >= 0.6 is 0 Å². The zero-order valence-corrected chi connectivity index (χ0v) is 19.5. The Bertz CT molecular complexity index is 1150. The number of carbonyl (C=O) groups excluding carboxylic acids is 2. The zero-order chi connectivity index (χ0) is 23.9. The maximum absolute atomic E-state index is 14.0. The number of hydrogen-bond acceptors (Lipinski definition) is 5. The molecule has 1 aliphatic carbocycles. The number of anilines is 1. The molecule has 2 aromatic rings. The van der Waals surface area contributed by atoms with E-state index in [9.17, 15) is 14.0 Å². The number of amides is 1. The number of nitrogens with zero attached hydrogens (tertiary/aromatic N) is 1. The van der Waals surface area contributed by atoms with Gasteiger partial charge in [0, 0.05) is 35.6 Å². The van der Waals surface area contributed by atoms with Crippen molar-refractivity contribution in [2.24, 2.45) is 5.41 Å². The van der Waals surface area contributed by atoms with Crippen LogP contribution in [0.4, 0.5) is 10.1 Å². The fraction of sp³-hybridized carbons (Fsp3) is 0.385. The van der Waals surface area contributed by atoms with Crippen LogP contribution in [0.3, 0.4) is 0 Å². The Balaban J connectivity index is 1.95. The first-order valence-electron chi connectivity index (χ1n) is 10.8. The van der Waals surface area contributed by atoms with Crippen LogP contribution in [0, 0.1) is 11.2 Å². The van der Waals surface area contributed by atoms with E-state index >= 15 is 0 Å². The molecular weight excluding hydrogens is 425 g/mol. The van der Waals surface area contributed by atoms with Gasteiger partial charge in [-0.1, -0.05) is 26.0 Å². The van der Waals surface area contributed by atoms with Gasteiger partial charge >= 0.3 is 0 Å². The molecule has 0 spiro atoms. The zero-order valence-electron chi connectivity index (χ0n) is 19.5. The standard InChI is InChI=1S/C26H28FNO5/c1-26(2)13-19-23(20(29)14-26)18(12-22(30)28(19)16-8-6-7-15(27)11-16)17-9-10-21(31-3)25(33-5)24(17)32-4/h6-11,18H,12-14H2,1-5H3/t18-/m0/s1. The van der Waals surface area contributed by atoms with Crippen molar-refractivity contribution in [1.82, 2.24) is 0 Å². The van der Waals surface area contributed by atoms with Crippen LogP contribution in [0.15, 0.2) is 47.7 Å². The van der Waals surface area contributed by atoms with Gasteiger partial charge in [0.1, 0.15) is 5.82 Å². The van der Waals surface area contributed by atoms with Gasteiger partial charge in [0.15, 0.2) is 17.3 Å². The SMILES string of the molecule is COc1ccc([C@@H]2CC(=O)N(c3cccc(F)c3)C3=C2C(=O)CC(C)(C)C3)c(OC)c1OC. The first-order valence-corrected chi connectivity index (χ1v) is 10.8. The summed E-state index contributed by atoms with van der Waals surface area (Å²) in [4.78, 5) is 28.5. The number of ketones is 1. The molecule has 1 aliphatic heterocycles. The average molecular weight is 454 g/mol. The normalized spacial score (nSPS) is 19.9. The smallest absolute Gasteiger partial charge is 0.232 e. The van der Waals surface area contributed by atoms with Crippen molar-refractivity contribution in [1.29, 1.82) is 0 Å². The van der Waals surface area contributed by atoms with Gasteiger partial charge in [-0.05, 0) is 36.1 Å². The molecule has 4 rings (SSSR count). The molecule has 1 atom stereocenters. The van der Waals surface area contributed by atoms with Crippen LogP contribution in [0.25, 0.3) is 0 Å². The van der Waals surface area contributed by atoms with E-state index in [0.29, 0.717) is 52.6 Å². The molecule has 0 fully saturated rings. The molecule has 7 heteroatoms. The molecule has 33 heavy (non-hydrogen) atoms. The molecule has 2 aromatic carbocycles. The lowest BCUT2D eigenvalue weighted by atomic mass is 9.69. The number of rotatable bonds is 5. The van der Waals surface area contributed by atoms with Crippen molar-refractivity contribution in [2.45, 2.75) is 39.0 Å². The summed E-state index contributed by atoms with van der Waals surface area (Å²) in [6.45, 7) is 4.01. The number of allylic oxidation sites excluding steroid dienone is 2. The maximum atomic E-state index is 14.0. The summed E-state index contributed by atoms with van der Waals surface area (Å²) in [5.74, 6) is 0.167. The second-order valence-corrected chi connectivity index (χ2v) is 9.19. The van der Waals surface area contributed by atoms with E-state index in [4.69, 9.17) is 14.2 Å². The summed E-state index contributed by atoms with van der Waals surface area (Å²) in [5, 5.41) is 0. The molecule has 0 N–H and O–H groups in total. The molecule has 0 bridgehead atoms. The number of methoxy groups -OCH3 is 3. The summed E-state index contributed by atoms with van der Waals surface area (Å²) in [5.41, 5.74) is 1.98. The van der Waals surface area contributed by atoms with E-state index in [1.165, 1.54) is 38.4 Å². The molecule has 2 aliphatic rings. The van der Waals surface area contributed by atoms with Gasteiger partial charge in [0.2, 0.25) is 11.7 Å². The third kappa shape index (κ3) is 3.96. The van der Waals surface area contributed by atoms with E-state index < -0.39 is 11.7 Å². The van der Waals surface area contributed by atoms with Crippen LogP contribution < -0.4 is 19.1 Å². The number of halogens is 1. The quantitative estimate of drug-likeness (QED) is 0.636. The minimum Gasteiger partial charge on any atom is -0.493 e. The van der Waals surface area contributed by atoms with E-state index in [2.05, 4.69) is 0 Å². The molecule has 1 amide bonds. The fourth-order valence-corrected chi connectivity index (χ4v) is 4.99. The summed E-state index contributed by atoms with van der Waals surface area (Å²) in [6.07, 6.45) is 0.929. The van der Waals surface area contributed by atoms with Crippen molar-refractivity contribution in [2.75, 3.05) is 26.2 Å². The Morgan fingerprint density at radius 1 is 0.970 bits per heavy atom. The summed E-state index contributed by atoms with van der Waals surface area (Å²) in [7, 11) is 4.57. The summed E-state index contributed by atoms with van der Waals surface area (Å²) < 4.78 is 30.6. The molecule has 0 unspecified atom stereocenters. The topological polar surface area (TPSA) is 65.1 Å². The van der Waals surface area contributed by atoms with Crippen molar-refractivity contribution in [3.05, 3.63) is 59.0 Å². The lowest BCUT2D eigenvalue weighted by molar-refractivity contribution is -0.121. The second kappa shape index (κ2) is 8.54. The molecule has 0 saturated heterocycles. The van der Waals surface area contributed by atoms with Gasteiger partial charge < -0.3 is 14.2 Å². The monoisotopic (exact) mass is 453 g/mol. The van der Waals surface area contributed by atoms with Crippen molar-refractivity contribution < 1.29 is 28.2 Å². The summed E-state index contributed by atoms with van der Waals surface area (Å²) in [6, 6.07) is 9.48. The third-order valence-electron chi connectivity index (χ3n) is 6.32. The van der Waals surface area contributed by atoms with Gasteiger partial charge in [0.05, 0.1) is 27.0 Å². The number of Topliss-reactive ketones (excluding diaryl/α,β-unsaturated/α-hetero) is 1. The van der Waals surface area contributed by atoms with Crippen molar-refractivity contribution >= 4 is 17.4 Å². The Morgan fingerprint density at radius 2 is 1.70 bits per heavy atom. The van der Waals surface area contributed by atoms with E-state index in [1.54, 1.807) is 18.2 Å². The molecule has 1 heterocycles. The molecular formula is C26H28FNO5. The fourth-order valence-electron chi connectivity index (χ4n) is 4.99. The predicted octanol–water partition coefficient (Wildman–Crippen LogP) is 5.02. The van der Waals surface area contributed by atoms with E-state index in [-0.39, 0.29) is 23.5 Å². The highest BCUT2D eigenvalue weighted by molar-refractivity contribution is 6.08. The van der Waals surface area contributed by atoms with Gasteiger partial charge in [0.25, 0.3) is 0 Å². The van der Waals surface area contributed by atoms with Crippen LogP contribution in [-0.4, -0.2) is 33.0 Å². The Morgan fingerprint density at radius 3 is 2.33 bits per heavy atom. The molecule has 174 valence electrons. The van der Waals surface area contributed by atoms with Crippen molar-refractivity contribution in [3.8, 4) is 17.2 Å². The lowest BCUT2D eigenvalue weighted by Crippen LogP contribution is -2.43. The minimum atomic E-state index is -0.504. The Labute approximate surface area is 192 Å². The van der Waals surface area contributed by atoms with Gasteiger partial charge in [-0.15, -0.1) is 0 Å². The average Bonchev–Trinajstić information content (AvgIpc) is 2.76. The minimum absolute atomic E-state index is 0.0167. The van der Waals surface area contributed by atoms with Crippen molar-refractivity contribution in [3.63, 3.8) is 0 Å². The highest BCUT2D eigenvalue weighted by atomic mass is 19.1. The van der Waals surface area contributed by atoms with Gasteiger partial charge in [-0.25, -0.2) is 4.39 Å². The first kappa shape index (κ1) is 22.8. The molecule has 0 aromatic heterocycles. The number of hydrogen-bond donors (Lipinski definition) is 0. The second-order valence-electron chi connectivity index (χ2n) is 9.19. The Kier molecular flexibility index (Phi) is 5.91. The molecule has 0 saturated carbocycles. The number of benzene rings is 2. The summed E-state index contributed by atoms with van der Waals surface area (Å²) >= 11 is 0. The van der Waals surface area contributed by atoms with Gasteiger partial charge in [-0.3, -0.25) is 14.5 Å². The molecule has 0 radical (unpaired) electrons. The highest BCUT2D eigenvalue weighted by Gasteiger charge is 2.45. The number of ether oxygens (including phenoxy) is 3. The van der Waals surface area contributed by atoms with E-state index in [1.807, 2.05) is 19.9 Å². The third-order valence-corrected chi connectivity index (χ3v) is 6.32. The highest BCUT2D eigenvalue weighted by Crippen LogP contribution is 2.52. The lowest BCUT2D eigenvalue weighted by Gasteiger charge is -2.43. The first-order chi connectivity index (χ1) is 15.7. The van der Waals surface area contributed by atoms with Gasteiger partial charge in [-0.2, -0.15) is 0 Å². The van der Waals surface area contributed by atoms with Crippen LogP contribution in [-0.2, 0) is 9.59 Å². The molecule has 6 nitrogen and oxygen atoms in total. The maximum Gasteiger partial charge on any atom is 0.232 e.